The van der Waals surface area contributed by atoms with Crippen molar-refractivity contribution in [1.29, 1.82) is 0 Å². The molecule has 2 aromatic carbocycles. The molecule has 0 bridgehead atoms. The number of aromatic nitrogens is 4. The monoisotopic (exact) mass is 544 g/mol. The fourth-order valence-corrected chi connectivity index (χ4v) is 4.15. The molecule has 0 aliphatic carbocycles. The molecule has 0 radical (unpaired) electrons. The van der Waals surface area contributed by atoms with Crippen LogP contribution in [0.4, 0.5) is 5.69 Å². The average Bonchev–Trinajstić information content (AvgIpc) is 3.43. The Hall–Kier alpha value is -5.30. The normalized spacial score (nSPS) is 11.1. The number of ether oxygens (including phenoxy) is 1. The van der Waals surface area contributed by atoms with Gasteiger partial charge in [-0.15, -0.1) is 5.10 Å². The van der Waals surface area contributed by atoms with Crippen LogP contribution in [-0.4, -0.2) is 36.1 Å². The maximum atomic E-state index is 12.2. The lowest BCUT2D eigenvalue weighted by molar-refractivity contribution is -0.384. The number of nitro benzene ring substituents is 1. The lowest BCUT2D eigenvalue weighted by atomic mass is 10.1. The van der Waals surface area contributed by atoms with Crippen molar-refractivity contribution in [2.24, 2.45) is 0 Å². The van der Waals surface area contributed by atoms with E-state index in [4.69, 9.17) is 9.15 Å². The van der Waals surface area contributed by atoms with Crippen LogP contribution in [0.25, 0.3) is 16.7 Å². The molecule has 13 nitrogen and oxygen atoms in total. The average molecular weight is 545 g/mol. The van der Waals surface area contributed by atoms with Gasteiger partial charge in [0.1, 0.15) is 23.6 Å². The van der Waals surface area contributed by atoms with Gasteiger partial charge in [-0.2, -0.15) is 0 Å². The second-order valence-electron chi connectivity index (χ2n) is 8.95. The van der Waals surface area contributed by atoms with Crippen molar-refractivity contribution in [2.45, 2.75) is 26.6 Å². The Kier molecular flexibility index (Phi) is 7.37. The number of aromatic hydroxyl groups is 1. The number of nitrogens with zero attached hydrogens (tertiary/aromatic N) is 5. The molecule has 0 spiro atoms. The predicted molar refractivity (Wildman–Crippen MR) is 144 cm³/mol. The minimum atomic E-state index is -0.492. The van der Waals surface area contributed by atoms with Crippen molar-refractivity contribution in [3.8, 4) is 17.2 Å². The Morgan fingerprint density at radius 1 is 1.12 bits per heavy atom. The summed E-state index contributed by atoms with van der Waals surface area (Å²) >= 11 is 0. The van der Waals surface area contributed by atoms with Gasteiger partial charge in [0.05, 0.1) is 22.5 Å². The van der Waals surface area contributed by atoms with Gasteiger partial charge < -0.3 is 24.1 Å². The summed E-state index contributed by atoms with van der Waals surface area (Å²) in [5, 5.41) is 32.8. The molecule has 5 rings (SSSR count). The van der Waals surface area contributed by atoms with E-state index < -0.39 is 16.0 Å². The van der Waals surface area contributed by atoms with Gasteiger partial charge in [0.2, 0.25) is 5.43 Å². The number of fused-ring (bicyclic) bond motifs is 1. The van der Waals surface area contributed by atoms with E-state index in [2.05, 4.69) is 15.6 Å². The van der Waals surface area contributed by atoms with Crippen LogP contribution >= 0.6 is 0 Å². The molecule has 40 heavy (non-hydrogen) atoms. The molecule has 0 fully saturated rings. The number of pyridine rings is 1. The zero-order valence-electron chi connectivity index (χ0n) is 21.3. The highest BCUT2D eigenvalue weighted by Gasteiger charge is 2.11. The minimum absolute atomic E-state index is 0.0170. The number of nitrogens with one attached hydrogen (secondary N) is 1. The molecule has 204 valence electrons. The topological polar surface area (TPSA) is 168 Å². The smallest absolute Gasteiger partial charge is 0.336 e. The third-order valence-corrected chi connectivity index (χ3v) is 6.31. The first-order chi connectivity index (χ1) is 19.3. The fourth-order valence-electron chi connectivity index (χ4n) is 4.15. The molecule has 0 aliphatic heterocycles. The van der Waals surface area contributed by atoms with E-state index in [1.807, 2.05) is 6.07 Å². The molecule has 0 saturated heterocycles. The Bertz CT molecular complexity index is 1810. The molecule has 0 atom stereocenters. The van der Waals surface area contributed by atoms with Crippen molar-refractivity contribution in [3.63, 3.8) is 0 Å². The van der Waals surface area contributed by atoms with Gasteiger partial charge in [0.15, 0.2) is 5.75 Å². The van der Waals surface area contributed by atoms with E-state index in [1.165, 1.54) is 28.9 Å². The summed E-state index contributed by atoms with van der Waals surface area (Å²) in [6.07, 6.45) is 3.28. The van der Waals surface area contributed by atoms with Gasteiger partial charge in [-0.25, -0.2) is 9.48 Å². The maximum Gasteiger partial charge on any atom is 0.336 e. The molecule has 3 heterocycles. The predicted octanol–water partition coefficient (Wildman–Crippen LogP) is 2.83. The summed E-state index contributed by atoms with van der Waals surface area (Å²) < 4.78 is 14.5. The van der Waals surface area contributed by atoms with Crippen molar-refractivity contribution in [2.75, 3.05) is 6.54 Å². The van der Waals surface area contributed by atoms with Crippen molar-refractivity contribution in [3.05, 3.63) is 115 Å². The van der Waals surface area contributed by atoms with E-state index in [0.29, 0.717) is 48.0 Å². The van der Waals surface area contributed by atoms with Crippen LogP contribution in [0.1, 0.15) is 17.0 Å². The Morgan fingerprint density at radius 2 is 1.93 bits per heavy atom. The fraction of sp³-hybridized carbons (Fsp3) is 0.185. The lowest BCUT2D eigenvalue weighted by Gasteiger charge is -2.13. The highest BCUT2D eigenvalue weighted by molar-refractivity contribution is 5.81. The molecule has 0 saturated carbocycles. The maximum absolute atomic E-state index is 12.2. The van der Waals surface area contributed by atoms with Crippen LogP contribution in [0.5, 0.6) is 11.5 Å². The largest absolute Gasteiger partial charge is 0.503 e. The second kappa shape index (κ2) is 11.2. The van der Waals surface area contributed by atoms with Gasteiger partial charge in [-0.1, -0.05) is 5.21 Å². The first kappa shape index (κ1) is 26.3. The van der Waals surface area contributed by atoms with Crippen molar-refractivity contribution >= 4 is 16.7 Å². The van der Waals surface area contributed by atoms with Crippen LogP contribution in [0.2, 0.25) is 0 Å². The van der Waals surface area contributed by atoms with E-state index in [9.17, 15) is 24.8 Å². The van der Waals surface area contributed by atoms with Crippen LogP contribution in [0.3, 0.4) is 0 Å². The summed E-state index contributed by atoms with van der Waals surface area (Å²) in [5.41, 5.74) is 1.84. The summed E-state index contributed by atoms with van der Waals surface area (Å²) in [6.45, 7) is 3.23. The third-order valence-electron chi connectivity index (χ3n) is 6.31. The number of benzene rings is 2. The molecule has 0 unspecified atom stereocenters. The Balaban J connectivity index is 1.22. The highest BCUT2D eigenvalue weighted by Crippen LogP contribution is 2.23. The van der Waals surface area contributed by atoms with E-state index in [-0.39, 0.29) is 18.0 Å². The molecular formula is C27H24N6O7. The first-order valence-corrected chi connectivity index (χ1v) is 12.2. The van der Waals surface area contributed by atoms with Crippen LogP contribution in [-0.2, 0) is 19.7 Å². The summed E-state index contributed by atoms with van der Waals surface area (Å²) in [4.78, 5) is 34.1. The van der Waals surface area contributed by atoms with Crippen LogP contribution in [0.15, 0.2) is 81.0 Å². The number of hydrogen-bond acceptors (Lipinski definition) is 10. The zero-order valence-corrected chi connectivity index (χ0v) is 21.3. The number of hydrogen-bond donors (Lipinski definition) is 2. The van der Waals surface area contributed by atoms with E-state index in [1.54, 1.807) is 48.1 Å². The lowest BCUT2D eigenvalue weighted by Crippen LogP contribution is -2.22. The molecule has 13 heteroatoms. The van der Waals surface area contributed by atoms with Crippen LogP contribution in [0, 0.1) is 17.0 Å². The van der Waals surface area contributed by atoms with E-state index in [0.717, 1.165) is 10.9 Å². The number of non-ortho nitro benzene ring substituents is 1. The van der Waals surface area contributed by atoms with Gasteiger partial charge in [0, 0.05) is 61.5 Å². The highest BCUT2D eigenvalue weighted by atomic mass is 16.6. The molecule has 0 amide bonds. The summed E-state index contributed by atoms with van der Waals surface area (Å²) in [5.74, 6) is 0.209. The van der Waals surface area contributed by atoms with Gasteiger partial charge >= 0.3 is 5.63 Å². The summed E-state index contributed by atoms with van der Waals surface area (Å²) in [7, 11) is 0. The molecule has 5 aromatic rings. The van der Waals surface area contributed by atoms with Gasteiger partial charge in [0.25, 0.3) is 5.69 Å². The Morgan fingerprint density at radius 3 is 2.70 bits per heavy atom. The minimum Gasteiger partial charge on any atom is -0.503 e. The molecule has 0 aliphatic rings. The van der Waals surface area contributed by atoms with Gasteiger partial charge in [-0.05, 0) is 36.8 Å². The quantitative estimate of drug-likeness (QED) is 0.115. The molecule has 3 aromatic heterocycles. The van der Waals surface area contributed by atoms with Crippen LogP contribution < -0.4 is 21.1 Å². The SMILES string of the molecule is Cc1c(O)c(=O)ccn1CCNCc1cc(=O)oc2cc(OCc3cn(-c4ccc([N+](=O)[O-])cc4)nn3)ccc12. The van der Waals surface area contributed by atoms with E-state index >= 15 is 0 Å². The van der Waals surface area contributed by atoms with Crippen molar-refractivity contribution < 1.29 is 19.2 Å². The number of nitro groups is 1. The zero-order chi connectivity index (χ0) is 28.2. The summed E-state index contributed by atoms with van der Waals surface area (Å²) in [6, 6.07) is 13.9. The van der Waals surface area contributed by atoms with Crippen molar-refractivity contribution in [1.82, 2.24) is 24.9 Å². The first-order valence-electron chi connectivity index (χ1n) is 12.2. The molecule has 2 N–H and O–H groups in total. The Labute approximate surface area is 226 Å². The second-order valence-corrected chi connectivity index (χ2v) is 8.95. The number of rotatable bonds is 10. The van der Waals surface area contributed by atoms with Gasteiger partial charge in [-0.3, -0.25) is 14.9 Å². The standard InChI is InChI=1S/C27H24N6O7/c1-17-27(36)24(34)8-10-31(17)11-9-28-14-18-12-26(35)40-25-13-22(6-7-23(18)25)39-16-19-15-32(30-29-19)20-2-4-21(5-3-20)33(37)38/h2-8,10,12-13,15,28,36H,9,11,14,16H2,1H3. The molecular weight excluding hydrogens is 520 g/mol. The third kappa shape index (κ3) is 5.73.